The third-order valence-electron chi connectivity index (χ3n) is 4.26. The molecule has 1 aromatic rings. The zero-order valence-electron chi connectivity index (χ0n) is 10.6. The van der Waals surface area contributed by atoms with Gasteiger partial charge in [0, 0.05) is 32.2 Å². The number of hydrogen-bond donors (Lipinski definition) is 1. The largest absolute Gasteiger partial charge is 0.314 e. The number of benzene rings is 1. The predicted octanol–water partition coefficient (Wildman–Crippen LogP) is 1.71. The van der Waals surface area contributed by atoms with Gasteiger partial charge in [-0.2, -0.15) is 5.26 Å². The van der Waals surface area contributed by atoms with E-state index in [1.165, 1.54) is 24.9 Å². The quantitative estimate of drug-likeness (QED) is 0.813. The average molecular weight is 241 g/mol. The highest BCUT2D eigenvalue weighted by Gasteiger charge is 2.30. The molecule has 3 rings (SSSR count). The molecule has 18 heavy (non-hydrogen) atoms. The molecule has 2 heterocycles. The molecule has 2 aliphatic rings. The molecule has 0 amide bonds. The van der Waals surface area contributed by atoms with Crippen LogP contribution < -0.4 is 5.32 Å². The van der Waals surface area contributed by atoms with Gasteiger partial charge in [0.05, 0.1) is 11.6 Å². The summed E-state index contributed by atoms with van der Waals surface area (Å²) in [5, 5.41) is 12.5. The number of rotatable bonds is 1. The molecule has 0 radical (unpaired) electrons. The average Bonchev–Trinajstić information content (AvgIpc) is 2.47. The van der Waals surface area contributed by atoms with E-state index < -0.39 is 0 Å². The van der Waals surface area contributed by atoms with Crippen LogP contribution in [0, 0.1) is 11.3 Å². The van der Waals surface area contributed by atoms with Crippen LogP contribution in [0.2, 0.25) is 0 Å². The van der Waals surface area contributed by atoms with E-state index in [9.17, 15) is 0 Å². The van der Waals surface area contributed by atoms with Gasteiger partial charge in [0.1, 0.15) is 0 Å². The lowest BCUT2D eigenvalue weighted by Crippen LogP contribution is -2.54. The number of piperidine rings is 1. The maximum absolute atomic E-state index is 8.98. The number of fused-ring (bicyclic) bond motifs is 1. The number of nitriles is 1. The van der Waals surface area contributed by atoms with Crippen LogP contribution in [0.15, 0.2) is 24.3 Å². The van der Waals surface area contributed by atoms with Crippen molar-refractivity contribution in [3.05, 3.63) is 35.4 Å². The number of piperazine rings is 1. The summed E-state index contributed by atoms with van der Waals surface area (Å²) in [5.74, 6) is 0.604. The molecule has 2 fully saturated rings. The van der Waals surface area contributed by atoms with Crippen LogP contribution in [-0.2, 0) is 0 Å². The van der Waals surface area contributed by atoms with Crippen molar-refractivity contribution in [2.24, 2.45) is 0 Å². The zero-order chi connectivity index (χ0) is 12.4. The zero-order valence-corrected chi connectivity index (χ0v) is 10.6. The van der Waals surface area contributed by atoms with E-state index in [2.05, 4.69) is 28.4 Å². The summed E-state index contributed by atoms with van der Waals surface area (Å²) in [5.41, 5.74) is 2.13. The Hall–Kier alpha value is -1.37. The molecule has 2 aliphatic heterocycles. The topological polar surface area (TPSA) is 39.1 Å². The molecule has 2 saturated heterocycles. The van der Waals surface area contributed by atoms with Crippen LogP contribution in [0.4, 0.5) is 0 Å². The molecule has 1 aromatic carbocycles. The van der Waals surface area contributed by atoms with E-state index in [0.717, 1.165) is 31.2 Å². The fourth-order valence-corrected chi connectivity index (χ4v) is 3.23. The molecule has 3 heteroatoms. The Morgan fingerprint density at radius 1 is 1.33 bits per heavy atom. The van der Waals surface area contributed by atoms with Crippen molar-refractivity contribution in [2.45, 2.75) is 24.8 Å². The van der Waals surface area contributed by atoms with Gasteiger partial charge in [-0.1, -0.05) is 12.1 Å². The smallest absolute Gasteiger partial charge is 0.0991 e. The Morgan fingerprint density at radius 3 is 3.17 bits per heavy atom. The van der Waals surface area contributed by atoms with Crippen LogP contribution in [0.3, 0.4) is 0 Å². The lowest BCUT2D eigenvalue weighted by atomic mass is 9.86. The van der Waals surface area contributed by atoms with Crippen LogP contribution in [0.25, 0.3) is 0 Å². The molecule has 3 nitrogen and oxygen atoms in total. The second kappa shape index (κ2) is 5.09. The molecular weight excluding hydrogens is 222 g/mol. The van der Waals surface area contributed by atoms with Crippen LogP contribution in [0.5, 0.6) is 0 Å². The van der Waals surface area contributed by atoms with Crippen molar-refractivity contribution in [1.29, 1.82) is 5.26 Å². The van der Waals surface area contributed by atoms with E-state index in [-0.39, 0.29) is 0 Å². The van der Waals surface area contributed by atoms with Gasteiger partial charge in [-0.05, 0) is 36.5 Å². The fraction of sp³-hybridized carbons (Fsp3) is 0.533. The second-order valence-electron chi connectivity index (χ2n) is 5.36. The first-order valence-corrected chi connectivity index (χ1v) is 6.81. The van der Waals surface area contributed by atoms with Crippen molar-refractivity contribution in [1.82, 2.24) is 10.2 Å². The molecule has 0 spiro atoms. The van der Waals surface area contributed by atoms with Gasteiger partial charge in [0.2, 0.25) is 0 Å². The third-order valence-corrected chi connectivity index (χ3v) is 4.26. The molecule has 0 aliphatic carbocycles. The highest BCUT2D eigenvalue weighted by atomic mass is 15.2. The number of hydrogen-bond acceptors (Lipinski definition) is 3. The Morgan fingerprint density at radius 2 is 2.28 bits per heavy atom. The van der Waals surface area contributed by atoms with Crippen molar-refractivity contribution >= 4 is 0 Å². The van der Waals surface area contributed by atoms with Gasteiger partial charge in [0.15, 0.2) is 0 Å². The van der Waals surface area contributed by atoms with E-state index in [4.69, 9.17) is 5.26 Å². The minimum absolute atomic E-state index is 0.604. The van der Waals surface area contributed by atoms with Crippen molar-refractivity contribution in [3.8, 4) is 6.07 Å². The van der Waals surface area contributed by atoms with Gasteiger partial charge in [-0.15, -0.1) is 0 Å². The molecule has 0 aromatic heterocycles. The molecule has 0 saturated carbocycles. The SMILES string of the molecule is N#Cc1cccc(C2CCC3CNCCN3C2)c1. The van der Waals surface area contributed by atoms with E-state index in [1.807, 2.05) is 12.1 Å². The third kappa shape index (κ3) is 2.27. The molecular formula is C15H19N3. The predicted molar refractivity (Wildman–Crippen MR) is 71.4 cm³/mol. The first-order chi connectivity index (χ1) is 8.86. The highest BCUT2D eigenvalue weighted by molar-refractivity contribution is 5.34. The maximum atomic E-state index is 8.98. The maximum Gasteiger partial charge on any atom is 0.0991 e. The molecule has 0 bridgehead atoms. The van der Waals surface area contributed by atoms with Crippen LogP contribution >= 0.6 is 0 Å². The van der Waals surface area contributed by atoms with E-state index >= 15 is 0 Å². The van der Waals surface area contributed by atoms with Gasteiger partial charge >= 0.3 is 0 Å². The van der Waals surface area contributed by atoms with Gasteiger partial charge in [-0.25, -0.2) is 0 Å². The summed E-state index contributed by atoms with van der Waals surface area (Å²) < 4.78 is 0. The van der Waals surface area contributed by atoms with E-state index in [1.54, 1.807) is 0 Å². The van der Waals surface area contributed by atoms with Crippen molar-refractivity contribution in [3.63, 3.8) is 0 Å². The Kier molecular flexibility index (Phi) is 3.31. The van der Waals surface area contributed by atoms with Crippen molar-refractivity contribution < 1.29 is 0 Å². The second-order valence-corrected chi connectivity index (χ2v) is 5.36. The fourth-order valence-electron chi connectivity index (χ4n) is 3.23. The van der Waals surface area contributed by atoms with Gasteiger partial charge in [0.25, 0.3) is 0 Å². The highest BCUT2D eigenvalue weighted by Crippen LogP contribution is 2.30. The van der Waals surface area contributed by atoms with E-state index in [0.29, 0.717) is 5.92 Å². The summed E-state index contributed by atoms with van der Waals surface area (Å²) in [6, 6.07) is 11.1. The number of nitrogens with zero attached hydrogens (tertiary/aromatic N) is 2. The minimum atomic E-state index is 0.604. The summed E-state index contributed by atoms with van der Waals surface area (Å²) in [6.45, 7) is 4.58. The molecule has 1 N–H and O–H groups in total. The summed E-state index contributed by atoms with van der Waals surface area (Å²) >= 11 is 0. The Balaban J connectivity index is 1.75. The van der Waals surface area contributed by atoms with Gasteiger partial charge in [-0.3, -0.25) is 4.90 Å². The Bertz CT molecular complexity index is 463. The monoisotopic (exact) mass is 241 g/mol. The first-order valence-electron chi connectivity index (χ1n) is 6.81. The number of nitrogens with one attached hydrogen (secondary N) is 1. The summed E-state index contributed by atoms with van der Waals surface area (Å²) in [4.78, 5) is 2.61. The standard InChI is InChI=1S/C15H19N3/c16-9-12-2-1-3-13(8-12)14-4-5-15-10-17-6-7-18(15)11-14/h1-3,8,14-15,17H,4-7,10-11H2. The first kappa shape index (κ1) is 11.7. The van der Waals surface area contributed by atoms with Crippen LogP contribution in [0.1, 0.15) is 29.9 Å². The molecule has 94 valence electrons. The summed E-state index contributed by atoms with van der Waals surface area (Å²) in [6.07, 6.45) is 2.52. The lowest BCUT2D eigenvalue weighted by Gasteiger charge is -2.43. The molecule has 2 atom stereocenters. The molecule has 2 unspecified atom stereocenters. The summed E-state index contributed by atoms with van der Waals surface area (Å²) in [7, 11) is 0. The van der Waals surface area contributed by atoms with Crippen molar-refractivity contribution in [2.75, 3.05) is 26.2 Å². The van der Waals surface area contributed by atoms with Gasteiger partial charge < -0.3 is 5.32 Å². The Labute approximate surface area is 108 Å². The van der Waals surface area contributed by atoms with Crippen LogP contribution in [-0.4, -0.2) is 37.1 Å². The normalized spacial score (nSPS) is 28.4. The minimum Gasteiger partial charge on any atom is -0.314 e. The lowest BCUT2D eigenvalue weighted by molar-refractivity contribution is 0.107.